The molecule has 0 saturated carbocycles. The highest BCUT2D eigenvalue weighted by molar-refractivity contribution is 6.42. The average molecular weight is 326 g/mol. The molecular formula is C15H17Cl2N3O. The monoisotopic (exact) mass is 325 g/mol. The summed E-state index contributed by atoms with van der Waals surface area (Å²) >= 11 is 12.0. The first-order valence-corrected chi connectivity index (χ1v) is 7.35. The van der Waals surface area contributed by atoms with Crippen LogP contribution in [0.2, 0.25) is 10.0 Å². The van der Waals surface area contributed by atoms with E-state index >= 15 is 0 Å². The van der Waals surface area contributed by atoms with Gasteiger partial charge in [0.15, 0.2) is 5.82 Å². The lowest BCUT2D eigenvalue weighted by Gasteiger charge is -2.08. The lowest BCUT2D eigenvalue weighted by atomic mass is 10.2. The number of nitrogens with one attached hydrogen (secondary N) is 1. The van der Waals surface area contributed by atoms with Crippen LogP contribution in [0.15, 0.2) is 24.3 Å². The Bertz CT molecular complexity index is 620. The van der Waals surface area contributed by atoms with Crippen molar-refractivity contribution in [3.05, 3.63) is 45.7 Å². The Balaban J connectivity index is 2.19. The highest BCUT2D eigenvalue weighted by Crippen LogP contribution is 2.27. The summed E-state index contributed by atoms with van der Waals surface area (Å²) < 4.78 is 5.00. The number of aromatic nitrogens is 2. The van der Waals surface area contributed by atoms with E-state index in [0.717, 1.165) is 23.5 Å². The summed E-state index contributed by atoms with van der Waals surface area (Å²) in [6.45, 7) is 4.06. The molecule has 2 rings (SSSR count). The van der Waals surface area contributed by atoms with E-state index in [1.165, 1.54) is 0 Å². The van der Waals surface area contributed by atoms with Crippen molar-refractivity contribution >= 4 is 23.2 Å². The van der Waals surface area contributed by atoms with Gasteiger partial charge >= 0.3 is 0 Å². The minimum Gasteiger partial charge on any atom is -0.383 e. The minimum atomic E-state index is 0.499. The summed E-state index contributed by atoms with van der Waals surface area (Å²) in [7, 11) is 1.68. The van der Waals surface area contributed by atoms with E-state index in [9.17, 15) is 0 Å². The van der Waals surface area contributed by atoms with Gasteiger partial charge in [0.2, 0.25) is 0 Å². The first kappa shape index (κ1) is 16.2. The number of halogens is 2. The number of hydrogen-bond acceptors (Lipinski definition) is 4. The average Bonchev–Trinajstić information content (AvgIpc) is 2.46. The first-order valence-electron chi connectivity index (χ1n) is 6.60. The molecule has 4 nitrogen and oxygen atoms in total. The second-order valence-corrected chi connectivity index (χ2v) is 5.44. The minimum absolute atomic E-state index is 0.499. The molecule has 0 aliphatic rings. The van der Waals surface area contributed by atoms with E-state index in [4.69, 9.17) is 27.9 Å². The van der Waals surface area contributed by atoms with Crippen molar-refractivity contribution in [3.63, 3.8) is 0 Å². The molecule has 1 aromatic carbocycles. The molecule has 0 aliphatic heterocycles. The van der Waals surface area contributed by atoms with Gasteiger partial charge in [-0.05, 0) is 31.2 Å². The summed E-state index contributed by atoms with van der Waals surface area (Å²) in [6.07, 6.45) is 0. The molecule has 1 aromatic heterocycles. The number of methoxy groups -OCH3 is 1. The van der Waals surface area contributed by atoms with E-state index in [-0.39, 0.29) is 0 Å². The zero-order valence-electron chi connectivity index (χ0n) is 12.0. The Morgan fingerprint density at radius 3 is 2.67 bits per heavy atom. The normalized spacial score (nSPS) is 10.9. The molecule has 21 heavy (non-hydrogen) atoms. The Morgan fingerprint density at radius 2 is 1.95 bits per heavy atom. The summed E-state index contributed by atoms with van der Waals surface area (Å²) in [6, 6.07) is 7.36. The van der Waals surface area contributed by atoms with Gasteiger partial charge in [0, 0.05) is 31.5 Å². The molecule has 1 heterocycles. The van der Waals surface area contributed by atoms with Gasteiger partial charge in [0.25, 0.3) is 0 Å². The van der Waals surface area contributed by atoms with Crippen LogP contribution in [-0.2, 0) is 11.3 Å². The van der Waals surface area contributed by atoms with Gasteiger partial charge in [-0.15, -0.1) is 0 Å². The van der Waals surface area contributed by atoms with Crippen LogP contribution in [0.3, 0.4) is 0 Å². The molecule has 0 fully saturated rings. The van der Waals surface area contributed by atoms with Gasteiger partial charge in [-0.3, -0.25) is 0 Å². The number of benzene rings is 1. The van der Waals surface area contributed by atoms with Gasteiger partial charge in [0.1, 0.15) is 0 Å². The zero-order chi connectivity index (χ0) is 15.2. The fraction of sp³-hybridized carbons (Fsp3) is 0.333. The maximum absolute atomic E-state index is 6.05. The predicted octanol–water partition coefficient (Wildman–Crippen LogP) is 3.49. The molecule has 0 amide bonds. The van der Waals surface area contributed by atoms with Gasteiger partial charge < -0.3 is 10.1 Å². The molecule has 0 spiro atoms. The molecule has 2 aromatic rings. The van der Waals surface area contributed by atoms with Crippen LogP contribution in [0, 0.1) is 6.92 Å². The highest BCUT2D eigenvalue weighted by atomic mass is 35.5. The van der Waals surface area contributed by atoms with Crippen molar-refractivity contribution in [2.75, 3.05) is 20.3 Å². The second-order valence-electron chi connectivity index (χ2n) is 4.62. The first-order chi connectivity index (χ1) is 10.1. The number of hydrogen-bond donors (Lipinski definition) is 1. The van der Waals surface area contributed by atoms with Crippen molar-refractivity contribution in [2.24, 2.45) is 0 Å². The quantitative estimate of drug-likeness (QED) is 0.826. The van der Waals surface area contributed by atoms with Gasteiger partial charge in [0.05, 0.1) is 22.3 Å². The Labute approximate surface area is 134 Å². The van der Waals surface area contributed by atoms with E-state index < -0.39 is 0 Å². The maximum Gasteiger partial charge on any atom is 0.159 e. The Kier molecular flexibility index (Phi) is 5.94. The number of aryl methyl sites for hydroxylation is 1. The fourth-order valence-corrected chi connectivity index (χ4v) is 2.18. The van der Waals surface area contributed by atoms with Crippen LogP contribution < -0.4 is 5.32 Å². The summed E-state index contributed by atoms with van der Waals surface area (Å²) in [4.78, 5) is 9.01. The highest BCUT2D eigenvalue weighted by Gasteiger charge is 2.07. The second kappa shape index (κ2) is 7.71. The summed E-state index contributed by atoms with van der Waals surface area (Å²) in [5.41, 5.74) is 2.69. The molecule has 0 atom stereocenters. The SMILES string of the molecule is COCCNCc1cc(C)nc(-c2ccc(Cl)c(Cl)c2)n1. The van der Waals surface area contributed by atoms with E-state index in [2.05, 4.69) is 15.3 Å². The lowest BCUT2D eigenvalue weighted by Crippen LogP contribution is -2.19. The molecule has 0 unspecified atom stereocenters. The molecule has 112 valence electrons. The van der Waals surface area contributed by atoms with Crippen LogP contribution in [-0.4, -0.2) is 30.2 Å². The molecule has 1 N–H and O–H groups in total. The standard InChI is InChI=1S/C15H17Cl2N3O/c1-10-7-12(9-18-5-6-21-2)20-15(19-10)11-3-4-13(16)14(17)8-11/h3-4,7-8,18H,5-6,9H2,1-2H3. The smallest absolute Gasteiger partial charge is 0.159 e. The molecular weight excluding hydrogens is 309 g/mol. The molecule has 0 radical (unpaired) electrons. The van der Waals surface area contributed by atoms with Crippen LogP contribution in [0.1, 0.15) is 11.4 Å². The van der Waals surface area contributed by atoms with Crippen molar-refractivity contribution in [1.29, 1.82) is 0 Å². The number of rotatable bonds is 6. The number of ether oxygens (including phenoxy) is 1. The van der Waals surface area contributed by atoms with Crippen LogP contribution in [0.5, 0.6) is 0 Å². The largest absolute Gasteiger partial charge is 0.383 e. The summed E-state index contributed by atoms with van der Waals surface area (Å²) in [5.74, 6) is 0.650. The fourth-order valence-electron chi connectivity index (χ4n) is 1.88. The van der Waals surface area contributed by atoms with E-state index in [0.29, 0.717) is 29.0 Å². The Hall–Kier alpha value is -1.20. The number of nitrogens with zero attached hydrogens (tertiary/aromatic N) is 2. The topological polar surface area (TPSA) is 47.0 Å². The predicted molar refractivity (Wildman–Crippen MR) is 85.8 cm³/mol. The van der Waals surface area contributed by atoms with Crippen molar-refractivity contribution < 1.29 is 4.74 Å². The molecule has 6 heteroatoms. The third-order valence-electron chi connectivity index (χ3n) is 2.87. The van der Waals surface area contributed by atoms with E-state index in [1.54, 1.807) is 19.2 Å². The molecule has 0 bridgehead atoms. The van der Waals surface area contributed by atoms with Crippen molar-refractivity contribution in [3.8, 4) is 11.4 Å². The van der Waals surface area contributed by atoms with E-state index in [1.807, 2.05) is 19.1 Å². The van der Waals surface area contributed by atoms with Gasteiger partial charge in [-0.25, -0.2) is 9.97 Å². The third kappa shape index (κ3) is 4.64. The zero-order valence-corrected chi connectivity index (χ0v) is 13.5. The summed E-state index contributed by atoms with van der Waals surface area (Å²) in [5, 5.41) is 4.29. The lowest BCUT2D eigenvalue weighted by molar-refractivity contribution is 0.199. The third-order valence-corrected chi connectivity index (χ3v) is 3.61. The van der Waals surface area contributed by atoms with Crippen LogP contribution >= 0.6 is 23.2 Å². The van der Waals surface area contributed by atoms with Crippen LogP contribution in [0.25, 0.3) is 11.4 Å². The molecule has 0 saturated heterocycles. The maximum atomic E-state index is 6.05. The Morgan fingerprint density at radius 1 is 1.14 bits per heavy atom. The van der Waals surface area contributed by atoms with Gasteiger partial charge in [-0.2, -0.15) is 0 Å². The van der Waals surface area contributed by atoms with Crippen molar-refractivity contribution in [1.82, 2.24) is 15.3 Å². The van der Waals surface area contributed by atoms with Crippen LogP contribution in [0.4, 0.5) is 0 Å². The molecule has 0 aliphatic carbocycles. The van der Waals surface area contributed by atoms with Crippen molar-refractivity contribution in [2.45, 2.75) is 13.5 Å². The van der Waals surface area contributed by atoms with Gasteiger partial charge in [-0.1, -0.05) is 23.2 Å².